The SMILES string of the molecule is CCOC(=O)N1CCN(c2nc(-c3ccccc3)ns2)CC1. The Kier molecular flexibility index (Phi) is 4.53. The second-order valence-corrected chi connectivity index (χ2v) is 5.67. The predicted octanol–water partition coefficient (Wildman–Crippen LogP) is 2.48. The number of rotatable bonds is 3. The number of piperazine rings is 1. The fourth-order valence-corrected chi connectivity index (χ4v) is 3.08. The molecular formula is C15H18N4O2S. The highest BCUT2D eigenvalue weighted by molar-refractivity contribution is 7.09. The van der Waals surface area contributed by atoms with E-state index in [2.05, 4.69) is 14.3 Å². The maximum Gasteiger partial charge on any atom is 0.409 e. The van der Waals surface area contributed by atoms with Crippen molar-refractivity contribution in [3.8, 4) is 11.4 Å². The third kappa shape index (κ3) is 3.19. The molecule has 116 valence electrons. The summed E-state index contributed by atoms with van der Waals surface area (Å²) in [6.07, 6.45) is -0.232. The van der Waals surface area contributed by atoms with Crippen molar-refractivity contribution in [3.63, 3.8) is 0 Å². The Morgan fingerprint density at radius 2 is 1.95 bits per heavy atom. The van der Waals surface area contributed by atoms with Crippen molar-refractivity contribution in [1.29, 1.82) is 0 Å². The van der Waals surface area contributed by atoms with Gasteiger partial charge in [-0.25, -0.2) is 4.79 Å². The molecule has 0 unspecified atom stereocenters. The van der Waals surface area contributed by atoms with E-state index < -0.39 is 0 Å². The molecule has 0 aliphatic carbocycles. The van der Waals surface area contributed by atoms with Gasteiger partial charge in [0.25, 0.3) is 0 Å². The van der Waals surface area contributed by atoms with Crippen LogP contribution in [0.3, 0.4) is 0 Å². The topological polar surface area (TPSA) is 58.6 Å². The van der Waals surface area contributed by atoms with Crippen LogP contribution in [-0.4, -0.2) is 53.1 Å². The van der Waals surface area contributed by atoms with Crippen LogP contribution >= 0.6 is 11.5 Å². The lowest BCUT2D eigenvalue weighted by Crippen LogP contribution is -2.49. The largest absolute Gasteiger partial charge is 0.450 e. The van der Waals surface area contributed by atoms with Gasteiger partial charge in [-0.15, -0.1) is 0 Å². The number of carbonyl (C=O) groups excluding carboxylic acids is 1. The molecule has 2 heterocycles. The standard InChI is InChI=1S/C15H18N4O2S/c1-2-21-15(20)19-10-8-18(9-11-19)14-16-13(17-22-14)12-6-4-3-5-7-12/h3-7H,2,8-11H2,1H3. The molecule has 1 aromatic carbocycles. The Bertz CT molecular complexity index is 623. The summed E-state index contributed by atoms with van der Waals surface area (Å²) in [7, 11) is 0. The van der Waals surface area contributed by atoms with Crippen LogP contribution in [0.15, 0.2) is 30.3 Å². The molecule has 6 nitrogen and oxygen atoms in total. The fourth-order valence-electron chi connectivity index (χ4n) is 2.34. The average Bonchev–Trinajstić information content (AvgIpc) is 3.06. The molecule has 0 bridgehead atoms. The van der Waals surface area contributed by atoms with Crippen LogP contribution in [0.1, 0.15) is 6.92 Å². The first-order chi connectivity index (χ1) is 10.8. The summed E-state index contributed by atoms with van der Waals surface area (Å²) in [6, 6.07) is 9.95. The monoisotopic (exact) mass is 318 g/mol. The van der Waals surface area contributed by atoms with Gasteiger partial charge in [0, 0.05) is 43.3 Å². The minimum absolute atomic E-state index is 0.232. The fraction of sp³-hybridized carbons (Fsp3) is 0.400. The first kappa shape index (κ1) is 14.8. The number of benzene rings is 1. The van der Waals surface area contributed by atoms with Crippen LogP contribution in [-0.2, 0) is 4.74 Å². The van der Waals surface area contributed by atoms with Crippen LogP contribution < -0.4 is 4.90 Å². The summed E-state index contributed by atoms with van der Waals surface area (Å²) in [4.78, 5) is 20.2. The van der Waals surface area contributed by atoms with Crippen LogP contribution in [0.25, 0.3) is 11.4 Å². The van der Waals surface area contributed by atoms with Crippen molar-refractivity contribution in [3.05, 3.63) is 30.3 Å². The smallest absolute Gasteiger partial charge is 0.409 e. The van der Waals surface area contributed by atoms with E-state index in [0.29, 0.717) is 19.7 Å². The number of hydrogen-bond acceptors (Lipinski definition) is 6. The quantitative estimate of drug-likeness (QED) is 0.870. The highest BCUT2D eigenvalue weighted by Gasteiger charge is 2.24. The summed E-state index contributed by atoms with van der Waals surface area (Å²) >= 11 is 1.40. The predicted molar refractivity (Wildman–Crippen MR) is 86.2 cm³/mol. The molecule has 3 rings (SSSR count). The Hall–Kier alpha value is -2.15. The molecule has 0 spiro atoms. The lowest BCUT2D eigenvalue weighted by Gasteiger charge is -2.33. The molecule has 0 N–H and O–H groups in total. The Morgan fingerprint density at radius 3 is 2.64 bits per heavy atom. The second kappa shape index (κ2) is 6.74. The molecule has 1 amide bonds. The van der Waals surface area contributed by atoms with Crippen LogP contribution in [0.2, 0.25) is 0 Å². The van der Waals surface area contributed by atoms with Gasteiger partial charge in [0.05, 0.1) is 6.61 Å². The van der Waals surface area contributed by atoms with Crippen LogP contribution in [0.5, 0.6) is 0 Å². The van der Waals surface area contributed by atoms with Gasteiger partial charge in [-0.1, -0.05) is 30.3 Å². The Balaban J connectivity index is 1.63. The van der Waals surface area contributed by atoms with Crippen LogP contribution in [0, 0.1) is 0 Å². The highest BCUT2D eigenvalue weighted by Crippen LogP contribution is 2.24. The number of amides is 1. The van der Waals surface area contributed by atoms with E-state index in [0.717, 1.165) is 29.6 Å². The summed E-state index contributed by atoms with van der Waals surface area (Å²) in [5, 5.41) is 0.905. The van der Waals surface area contributed by atoms with E-state index in [9.17, 15) is 4.79 Å². The van der Waals surface area contributed by atoms with E-state index >= 15 is 0 Å². The van der Waals surface area contributed by atoms with Crippen LogP contribution in [0.4, 0.5) is 9.93 Å². The third-order valence-corrected chi connectivity index (χ3v) is 4.30. The van der Waals surface area contributed by atoms with E-state index in [1.165, 1.54) is 11.5 Å². The van der Waals surface area contributed by atoms with Crippen molar-refractivity contribution < 1.29 is 9.53 Å². The van der Waals surface area contributed by atoms with Gasteiger partial charge in [-0.05, 0) is 6.92 Å². The Morgan fingerprint density at radius 1 is 1.23 bits per heavy atom. The number of carbonyl (C=O) groups is 1. The zero-order valence-electron chi connectivity index (χ0n) is 12.4. The van der Waals surface area contributed by atoms with Crippen molar-refractivity contribution in [1.82, 2.24) is 14.3 Å². The molecule has 7 heteroatoms. The summed E-state index contributed by atoms with van der Waals surface area (Å²) < 4.78 is 9.46. The summed E-state index contributed by atoms with van der Waals surface area (Å²) in [6.45, 7) is 5.04. The molecule has 1 saturated heterocycles. The maximum atomic E-state index is 11.7. The van der Waals surface area contributed by atoms with Crippen molar-refractivity contribution >= 4 is 22.8 Å². The second-order valence-electron chi connectivity index (χ2n) is 4.94. The molecule has 0 saturated carbocycles. The van der Waals surface area contributed by atoms with Gasteiger partial charge in [0.2, 0.25) is 5.13 Å². The van der Waals surface area contributed by atoms with E-state index in [4.69, 9.17) is 4.74 Å². The molecule has 1 aromatic heterocycles. The maximum absolute atomic E-state index is 11.7. The number of aromatic nitrogens is 2. The number of ether oxygens (including phenoxy) is 1. The van der Waals surface area contributed by atoms with E-state index in [1.54, 1.807) is 4.90 Å². The van der Waals surface area contributed by atoms with Crippen molar-refractivity contribution in [2.45, 2.75) is 6.92 Å². The molecule has 1 aliphatic rings. The molecule has 22 heavy (non-hydrogen) atoms. The minimum Gasteiger partial charge on any atom is -0.450 e. The Labute approximate surface area is 133 Å². The first-order valence-corrected chi connectivity index (χ1v) is 8.11. The molecule has 0 atom stereocenters. The lowest BCUT2D eigenvalue weighted by molar-refractivity contribution is 0.105. The zero-order chi connectivity index (χ0) is 15.4. The van der Waals surface area contributed by atoms with Gasteiger partial charge in [0.15, 0.2) is 5.82 Å². The van der Waals surface area contributed by atoms with Crippen molar-refractivity contribution in [2.75, 3.05) is 37.7 Å². The number of hydrogen-bond donors (Lipinski definition) is 0. The van der Waals surface area contributed by atoms with Crippen molar-refractivity contribution in [2.24, 2.45) is 0 Å². The molecule has 0 radical (unpaired) electrons. The lowest BCUT2D eigenvalue weighted by atomic mass is 10.2. The molecule has 1 fully saturated rings. The summed E-state index contributed by atoms with van der Waals surface area (Å²) in [5.74, 6) is 0.758. The van der Waals surface area contributed by atoms with E-state index in [1.807, 2.05) is 37.3 Å². The van der Waals surface area contributed by atoms with Gasteiger partial charge < -0.3 is 14.5 Å². The molecule has 2 aromatic rings. The van der Waals surface area contributed by atoms with Gasteiger partial charge in [-0.2, -0.15) is 9.36 Å². The third-order valence-electron chi connectivity index (χ3n) is 3.52. The van der Waals surface area contributed by atoms with E-state index in [-0.39, 0.29) is 6.09 Å². The highest BCUT2D eigenvalue weighted by atomic mass is 32.1. The number of nitrogens with zero attached hydrogens (tertiary/aromatic N) is 4. The minimum atomic E-state index is -0.232. The zero-order valence-corrected chi connectivity index (χ0v) is 13.3. The number of anilines is 1. The summed E-state index contributed by atoms with van der Waals surface area (Å²) in [5.41, 5.74) is 1.02. The molecule has 1 aliphatic heterocycles. The van der Waals surface area contributed by atoms with Gasteiger partial charge >= 0.3 is 6.09 Å². The first-order valence-electron chi connectivity index (χ1n) is 7.33. The molecular weight excluding hydrogens is 300 g/mol. The average molecular weight is 318 g/mol. The van der Waals surface area contributed by atoms with Gasteiger partial charge in [-0.3, -0.25) is 0 Å². The van der Waals surface area contributed by atoms with Gasteiger partial charge in [0.1, 0.15) is 0 Å². The normalized spacial score (nSPS) is 15.0.